The highest BCUT2D eigenvalue weighted by Crippen LogP contribution is 2.19. The smallest absolute Gasteiger partial charge is 0.242 e. The average Bonchev–Trinajstić information content (AvgIpc) is 2.62. The zero-order chi connectivity index (χ0) is 20.9. The fourth-order valence-electron chi connectivity index (χ4n) is 3.08. The van der Waals surface area contributed by atoms with Gasteiger partial charge < -0.3 is 15.5 Å². The van der Waals surface area contributed by atoms with E-state index in [9.17, 15) is 14.4 Å². The molecule has 1 aliphatic heterocycles. The maximum absolute atomic E-state index is 12.4. The molecule has 0 aromatic heterocycles. The lowest BCUT2D eigenvalue weighted by molar-refractivity contribution is -0.136. The lowest BCUT2D eigenvalue weighted by Crippen LogP contribution is -2.53. The number of benzene rings is 1. The van der Waals surface area contributed by atoms with Crippen molar-refractivity contribution in [2.75, 3.05) is 44.6 Å². The number of piperazine rings is 1. The molecule has 3 amide bonds. The summed E-state index contributed by atoms with van der Waals surface area (Å²) in [6, 6.07) is 5.93. The van der Waals surface area contributed by atoms with Crippen molar-refractivity contribution in [3.05, 3.63) is 29.3 Å². The molecule has 154 valence electrons. The fourth-order valence-corrected chi connectivity index (χ4v) is 3.08. The summed E-state index contributed by atoms with van der Waals surface area (Å²) in [5.41, 5.74) is 2.44. The maximum atomic E-state index is 12.4. The molecule has 7 heteroatoms. The van der Waals surface area contributed by atoms with Crippen LogP contribution in [0.15, 0.2) is 18.2 Å². The number of nitrogens with zero attached hydrogens (tertiary/aromatic N) is 2. The molecule has 28 heavy (non-hydrogen) atoms. The molecule has 0 aliphatic carbocycles. The van der Waals surface area contributed by atoms with Crippen LogP contribution in [0.1, 0.15) is 31.9 Å². The van der Waals surface area contributed by atoms with Crippen molar-refractivity contribution in [1.82, 2.24) is 15.1 Å². The van der Waals surface area contributed by atoms with Crippen LogP contribution in [-0.4, -0.2) is 66.8 Å². The molecule has 0 radical (unpaired) electrons. The van der Waals surface area contributed by atoms with Gasteiger partial charge in [0.1, 0.15) is 0 Å². The van der Waals surface area contributed by atoms with E-state index in [-0.39, 0.29) is 24.3 Å². The number of rotatable bonds is 5. The molecular formula is C21H32N4O3. The van der Waals surface area contributed by atoms with E-state index in [1.54, 1.807) is 4.90 Å². The topological polar surface area (TPSA) is 81.8 Å². The van der Waals surface area contributed by atoms with Crippen molar-refractivity contribution >= 4 is 23.4 Å². The van der Waals surface area contributed by atoms with Crippen LogP contribution in [0.2, 0.25) is 0 Å². The van der Waals surface area contributed by atoms with Gasteiger partial charge in [-0.25, -0.2) is 0 Å². The van der Waals surface area contributed by atoms with Gasteiger partial charge in [0.05, 0.1) is 13.1 Å². The van der Waals surface area contributed by atoms with Crippen LogP contribution in [-0.2, 0) is 14.4 Å². The number of carbonyl (C=O) groups excluding carboxylic acids is 3. The van der Waals surface area contributed by atoms with Gasteiger partial charge in [0.25, 0.3) is 0 Å². The number of amides is 3. The van der Waals surface area contributed by atoms with Crippen LogP contribution in [0.3, 0.4) is 0 Å². The monoisotopic (exact) mass is 388 g/mol. The van der Waals surface area contributed by atoms with Crippen LogP contribution in [0, 0.1) is 19.3 Å². The number of hydrogen-bond acceptors (Lipinski definition) is 4. The molecular weight excluding hydrogens is 356 g/mol. The maximum Gasteiger partial charge on any atom is 0.242 e. The number of anilines is 1. The van der Waals surface area contributed by atoms with E-state index in [4.69, 9.17) is 0 Å². The largest absolute Gasteiger partial charge is 0.347 e. The summed E-state index contributed by atoms with van der Waals surface area (Å²) in [5, 5.41) is 5.69. The van der Waals surface area contributed by atoms with E-state index in [0.29, 0.717) is 32.7 Å². The highest BCUT2D eigenvalue weighted by atomic mass is 16.2. The van der Waals surface area contributed by atoms with Crippen molar-refractivity contribution in [2.24, 2.45) is 5.41 Å². The normalized spacial score (nSPS) is 15.2. The van der Waals surface area contributed by atoms with Crippen molar-refractivity contribution in [3.63, 3.8) is 0 Å². The van der Waals surface area contributed by atoms with E-state index < -0.39 is 5.41 Å². The van der Waals surface area contributed by atoms with Crippen LogP contribution >= 0.6 is 0 Å². The van der Waals surface area contributed by atoms with E-state index in [2.05, 4.69) is 10.6 Å². The first-order chi connectivity index (χ1) is 13.1. The second kappa shape index (κ2) is 9.19. The van der Waals surface area contributed by atoms with Crippen molar-refractivity contribution < 1.29 is 14.4 Å². The first-order valence-corrected chi connectivity index (χ1v) is 9.72. The fraction of sp³-hybridized carbons (Fsp3) is 0.571. The number of hydrogen-bond donors (Lipinski definition) is 2. The van der Waals surface area contributed by atoms with Gasteiger partial charge >= 0.3 is 0 Å². The molecule has 1 heterocycles. The summed E-state index contributed by atoms with van der Waals surface area (Å²) in [6.45, 7) is 12.1. The van der Waals surface area contributed by atoms with Gasteiger partial charge in [0, 0.05) is 37.3 Å². The number of nitrogens with one attached hydrogen (secondary N) is 2. The Morgan fingerprint density at radius 3 is 2.11 bits per heavy atom. The molecule has 2 N–H and O–H groups in total. The number of carbonyl (C=O) groups is 3. The minimum absolute atomic E-state index is 0.0170. The third kappa shape index (κ3) is 6.05. The van der Waals surface area contributed by atoms with Gasteiger partial charge in [0.2, 0.25) is 17.7 Å². The molecule has 1 saturated heterocycles. The van der Waals surface area contributed by atoms with Gasteiger partial charge in [-0.3, -0.25) is 19.3 Å². The molecule has 1 fully saturated rings. The van der Waals surface area contributed by atoms with Crippen molar-refractivity contribution in [1.29, 1.82) is 0 Å². The Labute approximate surface area is 167 Å². The summed E-state index contributed by atoms with van der Waals surface area (Å²) < 4.78 is 0. The van der Waals surface area contributed by atoms with Crippen molar-refractivity contribution in [2.45, 2.75) is 34.6 Å². The SMILES string of the molecule is Cc1cccc(C)c1NC(=O)CN1CCN(C(=O)CNC(=O)C(C)(C)C)CC1. The highest BCUT2D eigenvalue weighted by molar-refractivity contribution is 5.93. The molecule has 7 nitrogen and oxygen atoms in total. The first kappa shape index (κ1) is 21.9. The third-order valence-electron chi connectivity index (χ3n) is 4.92. The minimum atomic E-state index is -0.512. The average molecular weight is 389 g/mol. The Morgan fingerprint density at radius 1 is 1.00 bits per heavy atom. The first-order valence-electron chi connectivity index (χ1n) is 9.72. The molecule has 0 spiro atoms. The van der Waals surface area contributed by atoms with Gasteiger partial charge in [-0.05, 0) is 25.0 Å². The lowest BCUT2D eigenvalue weighted by atomic mass is 9.96. The molecule has 0 saturated carbocycles. The van der Waals surface area contributed by atoms with Gasteiger partial charge in [-0.1, -0.05) is 39.0 Å². The minimum Gasteiger partial charge on any atom is -0.347 e. The summed E-state index contributed by atoms with van der Waals surface area (Å²) in [6.07, 6.45) is 0. The molecule has 1 aromatic carbocycles. The van der Waals surface area contributed by atoms with E-state index in [1.807, 2.05) is 57.7 Å². The van der Waals surface area contributed by atoms with E-state index >= 15 is 0 Å². The van der Waals surface area contributed by atoms with E-state index in [0.717, 1.165) is 16.8 Å². The molecule has 0 bridgehead atoms. The molecule has 0 unspecified atom stereocenters. The Kier molecular flexibility index (Phi) is 7.18. The zero-order valence-corrected chi connectivity index (χ0v) is 17.6. The highest BCUT2D eigenvalue weighted by Gasteiger charge is 2.25. The third-order valence-corrected chi connectivity index (χ3v) is 4.92. The summed E-state index contributed by atoms with van der Waals surface area (Å²) in [4.78, 5) is 40.3. The summed E-state index contributed by atoms with van der Waals surface area (Å²) >= 11 is 0. The quantitative estimate of drug-likeness (QED) is 0.802. The summed E-state index contributed by atoms with van der Waals surface area (Å²) in [5.74, 6) is -0.269. The molecule has 1 aliphatic rings. The van der Waals surface area contributed by atoms with Crippen LogP contribution in [0.5, 0.6) is 0 Å². The lowest BCUT2D eigenvalue weighted by Gasteiger charge is -2.34. The zero-order valence-electron chi connectivity index (χ0n) is 17.6. The Bertz CT molecular complexity index is 711. The Morgan fingerprint density at radius 2 is 1.57 bits per heavy atom. The predicted molar refractivity (Wildman–Crippen MR) is 110 cm³/mol. The summed E-state index contributed by atoms with van der Waals surface area (Å²) in [7, 11) is 0. The number of aryl methyl sites for hydroxylation is 2. The van der Waals surface area contributed by atoms with Crippen LogP contribution in [0.4, 0.5) is 5.69 Å². The predicted octanol–water partition coefficient (Wildman–Crippen LogP) is 1.55. The molecule has 1 aromatic rings. The van der Waals surface area contributed by atoms with Gasteiger partial charge in [0.15, 0.2) is 0 Å². The van der Waals surface area contributed by atoms with Crippen molar-refractivity contribution in [3.8, 4) is 0 Å². The van der Waals surface area contributed by atoms with Crippen LogP contribution in [0.25, 0.3) is 0 Å². The molecule has 0 atom stereocenters. The standard InChI is InChI=1S/C21H32N4O3/c1-15-7-6-8-16(2)19(15)23-17(26)14-24-9-11-25(12-10-24)18(27)13-22-20(28)21(3,4)5/h6-8H,9-14H2,1-5H3,(H,22,28)(H,23,26). The van der Waals surface area contributed by atoms with Gasteiger partial charge in [-0.2, -0.15) is 0 Å². The van der Waals surface area contributed by atoms with Crippen LogP contribution < -0.4 is 10.6 Å². The van der Waals surface area contributed by atoms with Gasteiger partial charge in [-0.15, -0.1) is 0 Å². The van der Waals surface area contributed by atoms with E-state index in [1.165, 1.54) is 0 Å². The second-order valence-electron chi connectivity index (χ2n) is 8.40. The Hall–Kier alpha value is -2.41. The number of para-hydroxylation sites is 1. The Balaban J connectivity index is 1.76. The second-order valence-corrected chi connectivity index (χ2v) is 8.40. The molecule has 2 rings (SSSR count).